The van der Waals surface area contributed by atoms with E-state index in [0.717, 1.165) is 25.7 Å². The summed E-state index contributed by atoms with van der Waals surface area (Å²) in [6.45, 7) is 10.9. The SMILES string of the molecule is C=C(C)C(=O)OCCCCOC(=O)NCC1CCCC(CNC(=O)OCCCCOC(=O)C(C)C)C1. The Morgan fingerprint density at radius 2 is 1.22 bits per heavy atom. The minimum atomic E-state index is -0.447. The van der Waals surface area contributed by atoms with E-state index < -0.39 is 18.2 Å². The molecule has 0 aromatic heterocycles. The van der Waals surface area contributed by atoms with Gasteiger partial charge in [-0.25, -0.2) is 14.4 Å². The van der Waals surface area contributed by atoms with Gasteiger partial charge in [-0.3, -0.25) is 4.79 Å². The summed E-state index contributed by atoms with van der Waals surface area (Å²) in [5, 5.41) is 5.64. The van der Waals surface area contributed by atoms with Crippen molar-refractivity contribution >= 4 is 24.1 Å². The fraction of sp³-hybridized carbons (Fsp3) is 0.769. The lowest BCUT2D eigenvalue weighted by Gasteiger charge is -2.29. The average Bonchev–Trinajstić information content (AvgIpc) is 2.85. The number of ether oxygens (including phenoxy) is 4. The minimum Gasteiger partial charge on any atom is -0.465 e. The van der Waals surface area contributed by atoms with E-state index in [1.807, 2.05) is 0 Å². The average molecular weight is 513 g/mol. The number of hydrogen-bond donors (Lipinski definition) is 2. The molecule has 10 heteroatoms. The monoisotopic (exact) mass is 512 g/mol. The normalized spacial score (nSPS) is 17.1. The third-order valence-electron chi connectivity index (χ3n) is 5.80. The number of nitrogens with one attached hydrogen (secondary N) is 2. The van der Waals surface area contributed by atoms with Crippen molar-refractivity contribution in [2.45, 2.75) is 72.1 Å². The summed E-state index contributed by atoms with van der Waals surface area (Å²) in [6.07, 6.45) is 5.62. The number of esters is 2. The van der Waals surface area contributed by atoms with Crippen LogP contribution in [-0.2, 0) is 28.5 Å². The number of alkyl carbamates (subject to hydrolysis) is 2. The van der Waals surface area contributed by atoms with Crippen molar-refractivity contribution < 1.29 is 38.1 Å². The number of carbonyl (C=O) groups is 4. The van der Waals surface area contributed by atoms with E-state index in [4.69, 9.17) is 18.9 Å². The van der Waals surface area contributed by atoms with Crippen LogP contribution < -0.4 is 10.6 Å². The molecule has 0 radical (unpaired) electrons. The molecule has 2 unspecified atom stereocenters. The largest absolute Gasteiger partial charge is 0.465 e. The summed E-state index contributed by atoms with van der Waals surface area (Å²) in [4.78, 5) is 46.5. The molecular weight excluding hydrogens is 468 g/mol. The minimum absolute atomic E-state index is 0.140. The van der Waals surface area contributed by atoms with E-state index in [0.29, 0.717) is 62.8 Å². The maximum Gasteiger partial charge on any atom is 0.407 e. The Morgan fingerprint density at radius 3 is 1.67 bits per heavy atom. The Balaban J connectivity index is 2.06. The van der Waals surface area contributed by atoms with Crippen molar-refractivity contribution in [2.75, 3.05) is 39.5 Å². The molecule has 36 heavy (non-hydrogen) atoms. The lowest BCUT2D eigenvalue weighted by atomic mass is 9.81. The second kappa shape index (κ2) is 18.5. The van der Waals surface area contributed by atoms with E-state index >= 15 is 0 Å². The summed E-state index contributed by atoms with van der Waals surface area (Å²) < 4.78 is 20.4. The van der Waals surface area contributed by atoms with Crippen LogP contribution in [0.4, 0.5) is 9.59 Å². The molecule has 2 amide bonds. The van der Waals surface area contributed by atoms with Gasteiger partial charge in [0.15, 0.2) is 0 Å². The summed E-state index contributed by atoms with van der Waals surface area (Å²) in [6, 6.07) is 0. The van der Waals surface area contributed by atoms with Gasteiger partial charge in [-0.15, -0.1) is 0 Å². The predicted molar refractivity (Wildman–Crippen MR) is 134 cm³/mol. The predicted octanol–water partition coefficient (Wildman–Crippen LogP) is 4.12. The lowest BCUT2D eigenvalue weighted by Crippen LogP contribution is -2.36. The van der Waals surface area contributed by atoms with Crippen molar-refractivity contribution in [1.82, 2.24) is 10.6 Å². The van der Waals surface area contributed by atoms with Gasteiger partial charge in [-0.05, 0) is 63.7 Å². The van der Waals surface area contributed by atoms with Gasteiger partial charge in [0.25, 0.3) is 0 Å². The van der Waals surface area contributed by atoms with Crippen LogP contribution in [0.1, 0.15) is 72.1 Å². The number of carbonyl (C=O) groups excluding carboxylic acids is 4. The molecule has 0 saturated heterocycles. The Labute approximate surface area is 214 Å². The smallest absolute Gasteiger partial charge is 0.407 e. The molecule has 1 rings (SSSR count). The van der Waals surface area contributed by atoms with Gasteiger partial charge in [0.2, 0.25) is 0 Å². The second-order valence-corrected chi connectivity index (χ2v) is 9.58. The van der Waals surface area contributed by atoms with Crippen molar-refractivity contribution in [2.24, 2.45) is 17.8 Å². The highest BCUT2D eigenvalue weighted by Crippen LogP contribution is 2.28. The van der Waals surface area contributed by atoms with Gasteiger partial charge in [0.1, 0.15) is 0 Å². The topological polar surface area (TPSA) is 129 Å². The van der Waals surface area contributed by atoms with E-state index in [1.54, 1.807) is 20.8 Å². The first kappa shape index (κ1) is 31.3. The Morgan fingerprint density at radius 1 is 0.778 bits per heavy atom. The first-order valence-electron chi connectivity index (χ1n) is 13.0. The number of amides is 2. The fourth-order valence-corrected chi connectivity index (χ4v) is 3.70. The highest BCUT2D eigenvalue weighted by atomic mass is 16.6. The molecule has 0 aliphatic heterocycles. The molecule has 2 atom stereocenters. The quantitative estimate of drug-likeness (QED) is 0.137. The van der Waals surface area contributed by atoms with E-state index in [1.165, 1.54) is 0 Å². The molecule has 1 fully saturated rings. The van der Waals surface area contributed by atoms with Crippen LogP contribution in [0.15, 0.2) is 12.2 Å². The van der Waals surface area contributed by atoms with Gasteiger partial charge >= 0.3 is 24.1 Å². The van der Waals surface area contributed by atoms with Crippen LogP contribution in [0.5, 0.6) is 0 Å². The molecule has 1 saturated carbocycles. The van der Waals surface area contributed by atoms with Crippen molar-refractivity contribution in [3.05, 3.63) is 12.2 Å². The van der Waals surface area contributed by atoms with Gasteiger partial charge < -0.3 is 29.6 Å². The van der Waals surface area contributed by atoms with Crippen LogP contribution in [0.25, 0.3) is 0 Å². The van der Waals surface area contributed by atoms with Crippen LogP contribution in [0, 0.1) is 17.8 Å². The number of hydrogen-bond acceptors (Lipinski definition) is 8. The second-order valence-electron chi connectivity index (χ2n) is 9.58. The molecule has 206 valence electrons. The van der Waals surface area contributed by atoms with E-state index in [-0.39, 0.29) is 31.7 Å². The van der Waals surface area contributed by atoms with Crippen LogP contribution in [-0.4, -0.2) is 63.6 Å². The molecule has 0 aromatic rings. The summed E-state index contributed by atoms with van der Waals surface area (Å²) >= 11 is 0. The van der Waals surface area contributed by atoms with Crippen molar-refractivity contribution in [3.63, 3.8) is 0 Å². The third kappa shape index (κ3) is 15.3. The first-order chi connectivity index (χ1) is 17.2. The fourth-order valence-electron chi connectivity index (χ4n) is 3.70. The summed E-state index contributed by atoms with van der Waals surface area (Å²) in [7, 11) is 0. The standard InChI is InChI=1S/C26H44N2O8/c1-19(2)23(29)33-12-5-7-14-35-25(31)27-17-21-10-9-11-22(16-21)18-28-26(32)36-15-8-6-13-34-24(30)20(3)4/h20-22H,1,5-18H2,2-4H3,(H,27,31)(H,28,32). The van der Waals surface area contributed by atoms with Gasteiger partial charge in [0, 0.05) is 18.7 Å². The van der Waals surface area contributed by atoms with Crippen LogP contribution in [0.3, 0.4) is 0 Å². The lowest BCUT2D eigenvalue weighted by molar-refractivity contribution is -0.147. The zero-order valence-electron chi connectivity index (χ0n) is 22.1. The molecule has 10 nitrogen and oxygen atoms in total. The maximum absolute atomic E-state index is 11.9. The highest BCUT2D eigenvalue weighted by molar-refractivity contribution is 5.86. The molecule has 0 heterocycles. The Bertz CT molecular complexity index is 710. The van der Waals surface area contributed by atoms with Crippen LogP contribution in [0.2, 0.25) is 0 Å². The number of unbranched alkanes of at least 4 members (excludes halogenated alkanes) is 2. The summed E-state index contributed by atoms with van der Waals surface area (Å²) in [5.74, 6) is -0.0959. The Hall–Kier alpha value is -2.78. The van der Waals surface area contributed by atoms with Gasteiger partial charge in [-0.2, -0.15) is 0 Å². The first-order valence-corrected chi connectivity index (χ1v) is 13.0. The molecule has 2 N–H and O–H groups in total. The molecule has 0 aromatic carbocycles. The Kier molecular flexibility index (Phi) is 16.0. The van der Waals surface area contributed by atoms with Crippen molar-refractivity contribution in [1.29, 1.82) is 0 Å². The zero-order valence-corrected chi connectivity index (χ0v) is 22.1. The third-order valence-corrected chi connectivity index (χ3v) is 5.80. The highest BCUT2D eigenvalue weighted by Gasteiger charge is 2.23. The molecular formula is C26H44N2O8. The molecule has 1 aliphatic rings. The van der Waals surface area contributed by atoms with Gasteiger partial charge in [0.05, 0.1) is 32.3 Å². The maximum atomic E-state index is 11.9. The van der Waals surface area contributed by atoms with Gasteiger partial charge in [-0.1, -0.05) is 26.8 Å². The molecule has 1 aliphatic carbocycles. The zero-order chi connectivity index (χ0) is 26.8. The number of rotatable bonds is 16. The van der Waals surface area contributed by atoms with E-state index in [2.05, 4.69) is 17.2 Å². The molecule has 0 bridgehead atoms. The molecule has 0 spiro atoms. The van der Waals surface area contributed by atoms with E-state index in [9.17, 15) is 19.2 Å². The van der Waals surface area contributed by atoms with Crippen molar-refractivity contribution in [3.8, 4) is 0 Å². The summed E-state index contributed by atoms with van der Waals surface area (Å²) in [5.41, 5.74) is 0.362. The van der Waals surface area contributed by atoms with Crippen LogP contribution >= 0.6 is 0 Å².